The number of hydrogen-bond donors (Lipinski definition) is 0. The predicted octanol–water partition coefficient (Wildman–Crippen LogP) is 3.61. The van der Waals surface area contributed by atoms with Gasteiger partial charge in [0.1, 0.15) is 5.82 Å². The van der Waals surface area contributed by atoms with Crippen LogP contribution in [0, 0.1) is 5.82 Å². The molecule has 2 rings (SSSR count). The average molecular weight is 265 g/mol. The van der Waals surface area contributed by atoms with Crippen LogP contribution >= 0.6 is 0 Å². The quantitative estimate of drug-likeness (QED) is 0.824. The van der Waals surface area contributed by atoms with Gasteiger partial charge in [0.15, 0.2) is 0 Å². The first-order valence-electron chi connectivity index (χ1n) is 7.12. The maximum Gasteiger partial charge on any atom is 0.128 e. The van der Waals surface area contributed by atoms with Gasteiger partial charge in [-0.15, -0.1) is 0 Å². The van der Waals surface area contributed by atoms with Crippen molar-refractivity contribution in [3.63, 3.8) is 0 Å². The highest BCUT2D eigenvalue weighted by atomic mass is 19.1. The molecule has 2 nitrogen and oxygen atoms in total. The Morgan fingerprint density at radius 1 is 1.26 bits per heavy atom. The number of piperidine rings is 1. The summed E-state index contributed by atoms with van der Waals surface area (Å²) in [6, 6.07) is 7.44. The second-order valence-electron chi connectivity index (χ2n) is 5.96. The smallest absolute Gasteiger partial charge is 0.128 e. The largest absolute Gasteiger partial charge is 0.370 e. The van der Waals surface area contributed by atoms with Gasteiger partial charge < -0.3 is 9.64 Å². The molecule has 0 bridgehead atoms. The molecule has 0 aliphatic carbocycles. The summed E-state index contributed by atoms with van der Waals surface area (Å²) in [6.07, 6.45) is 2.03. The summed E-state index contributed by atoms with van der Waals surface area (Å²) in [5.41, 5.74) is 0.531. The third kappa shape index (κ3) is 3.77. The summed E-state index contributed by atoms with van der Waals surface area (Å²) in [7, 11) is 0. The first kappa shape index (κ1) is 14.5. The molecule has 106 valence electrons. The van der Waals surface area contributed by atoms with Crippen LogP contribution in [0.1, 0.15) is 39.2 Å². The lowest BCUT2D eigenvalue weighted by Gasteiger charge is -2.41. The maximum atomic E-state index is 13.5. The van der Waals surface area contributed by atoms with E-state index >= 15 is 0 Å². The number of benzene rings is 1. The minimum atomic E-state index is -0.175. The number of ether oxygens (including phenoxy) is 1. The van der Waals surface area contributed by atoms with Crippen molar-refractivity contribution in [3.05, 3.63) is 35.6 Å². The van der Waals surface area contributed by atoms with Gasteiger partial charge in [-0.1, -0.05) is 18.2 Å². The zero-order chi connectivity index (χ0) is 13.9. The van der Waals surface area contributed by atoms with Gasteiger partial charge in [0.05, 0.1) is 12.2 Å². The molecule has 1 aromatic carbocycles. The summed E-state index contributed by atoms with van der Waals surface area (Å²) in [4.78, 5) is 2.47. The molecule has 0 unspecified atom stereocenters. The zero-order valence-electron chi connectivity index (χ0n) is 12.2. The van der Waals surface area contributed by atoms with Gasteiger partial charge in [0.25, 0.3) is 0 Å². The fourth-order valence-corrected chi connectivity index (χ4v) is 2.53. The summed E-state index contributed by atoms with van der Waals surface area (Å²) < 4.78 is 19.5. The van der Waals surface area contributed by atoms with Gasteiger partial charge in [0.2, 0.25) is 0 Å². The Bertz CT molecular complexity index is 411. The number of likely N-dealkylation sites (tertiary alicyclic amines) is 1. The van der Waals surface area contributed by atoms with Crippen molar-refractivity contribution in [1.82, 2.24) is 4.90 Å². The molecule has 0 saturated carbocycles. The molecule has 1 aliphatic rings. The van der Waals surface area contributed by atoms with E-state index < -0.39 is 0 Å². The van der Waals surface area contributed by atoms with Crippen LogP contribution in [0.4, 0.5) is 4.39 Å². The highest BCUT2D eigenvalue weighted by Gasteiger charge is 2.31. The molecule has 0 spiro atoms. The van der Waals surface area contributed by atoms with Crippen molar-refractivity contribution in [2.75, 3.05) is 13.1 Å². The van der Waals surface area contributed by atoms with Gasteiger partial charge >= 0.3 is 0 Å². The molecule has 0 atom stereocenters. The Morgan fingerprint density at radius 2 is 1.89 bits per heavy atom. The first-order valence-corrected chi connectivity index (χ1v) is 7.12. The Labute approximate surface area is 115 Å². The second-order valence-corrected chi connectivity index (χ2v) is 5.96. The van der Waals surface area contributed by atoms with E-state index in [9.17, 15) is 4.39 Å². The fraction of sp³-hybridized carbons (Fsp3) is 0.625. The normalized spacial score (nSPS) is 19.8. The molecule has 1 aromatic rings. The van der Waals surface area contributed by atoms with Crippen LogP contribution < -0.4 is 0 Å². The molecule has 1 saturated heterocycles. The highest BCUT2D eigenvalue weighted by molar-refractivity contribution is 5.16. The van der Waals surface area contributed by atoms with Gasteiger partial charge in [-0.05, 0) is 39.7 Å². The van der Waals surface area contributed by atoms with E-state index in [1.807, 2.05) is 6.07 Å². The van der Waals surface area contributed by atoms with E-state index in [2.05, 4.69) is 25.7 Å². The molecular weight excluding hydrogens is 241 g/mol. The molecule has 0 aromatic heterocycles. The summed E-state index contributed by atoms with van der Waals surface area (Å²) in [6.45, 7) is 9.08. The maximum absolute atomic E-state index is 13.5. The van der Waals surface area contributed by atoms with Crippen LogP contribution in [0.3, 0.4) is 0 Å². The molecule has 0 N–H and O–H groups in total. The molecule has 1 fully saturated rings. The van der Waals surface area contributed by atoms with Gasteiger partial charge in [-0.25, -0.2) is 4.39 Å². The third-order valence-corrected chi connectivity index (χ3v) is 4.12. The Kier molecular flexibility index (Phi) is 4.58. The Hall–Kier alpha value is -0.930. The van der Waals surface area contributed by atoms with Gasteiger partial charge in [-0.3, -0.25) is 0 Å². The topological polar surface area (TPSA) is 12.5 Å². The van der Waals surface area contributed by atoms with Crippen LogP contribution in [0.2, 0.25) is 0 Å². The molecule has 3 heteroatoms. The Balaban J connectivity index is 1.88. The molecular formula is C16H24FNO. The number of rotatable bonds is 4. The van der Waals surface area contributed by atoms with Gasteiger partial charge in [0, 0.05) is 24.7 Å². The van der Waals surface area contributed by atoms with E-state index in [0.717, 1.165) is 25.9 Å². The van der Waals surface area contributed by atoms with E-state index in [0.29, 0.717) is 18.2 Å². The van der Waals surface area contributed by atoms with Crippen LogP contribution in [-0.2, 0) is 11.3 Å². The van der Waals surface area contributed by atoms with Crippen molar-refractivity contribution in [2.24, 2.45) is 0 Å². The number of nitrogens with zero attached hydrogens (tertiary/aromatic N) is 1. The standard InChI is InChI=1S/C16H24FNO/c1-13(2)18-10-8-16(3,9-11-18)19-12-14-6-4-5-7-15(14)17/h4-7,13H,8-12H2,1-3H3. The zero-order valence-corrected chi connectivity index (χ0v) is 12.2. The van der Waals surface area contributed by atoms with Crippen LogP contribution in [0.5, 0.6) is 0 Å². The highest BCUT2D eigenvalue weighted by Crippen LogP contribution is 2.28. The van der Waals surface area contributed by atoms with Crippen molar-refractivity contribution < 1.29 is 9.13 Å². The van der Waals surface area contributed by atoms with Crippen LogP contribution in [-0.4, -0.2) is 29.6 Å². The molecule has 1 heterocycles. The summed E-state index contributed by atoms with van der Waals surface area (Å²) in [5, 5.41) is 0. The lowest BCUT2D eigenvalue weighted by molar-refractivity contribution is -0.0845. The lowest BCUT2D eigenvalue weighted by Crippen LogP contribution is -2.46. The average Bonchev–Trinajstić information content (AvgIpc) is 2.38. The SMILES string of the molecule is CC(C)N1CCC(C)(OCc2ccccc2F)CC1. The van der Waals surface area contributed by atoms with Gasteiger partial charge in [-0.2, -0.15) is 0 Å². The second kappa shape index (κ2) is 6.02. The van der Waals surface area contributed by atoms with Crippen LogP contribution in [0.15, 0.2) is 24.3 Å². The van der Waals surface area contributed by atoms with E-state index in [1.54, 1.807) is 12.1 Å². The minimum Gasteiger partial charge on any atom is -0.370 e. The minimum absolute atomic E-state index is 0.117. The van der Waals surface area contributed by atoms with Crippen molar-refractivity contribution in [3.8, 4) is 0 Å². The van der Waals surface area contributed by atoms with Crippen molar-refractivity contribution in [1.29, 1.82) is 0 Å². The lowest BCUT2D eigenvalue weighted by atomic mass is 9.92. The van der Waals surface area contributed by atoms with Crippen molar-refractivity contribution >= 4 is 0 Å². The van der Waals surface area contributed by atoms with Crippen LogP contribution in [0.25, 0.3) is 0 Å². The first-order chi connectivity index (χ1) is 9.00. The monoisotopic (exact) mass is 265 g/mol. The van der Waals surface area contributed by atoms with E-state index in [1.165, 1.54) is 6.07 Å². The molecule has 1 aliphatic heterocycles. The molecule has 19 heavy (non-hydrogen) atoms. The number of halogens is 1. The summed E-state index contributed by atoms with van der Waals surface area (Å²) in [5.74, 6) is -0.175. The van der Waals surface area contributed by atoms with E-state index in [-0.39, 0.29) is 11.4 Å². The van der Waals surface area contributed by atoms with E-state index in [4.69, 9.17) is 4.74 Å². The summed E-state index contributed by atoms with van der Waals surface area (Å²) >= 11 is 0. The molecule has 0 amide bonds. The molecule has 0 radical (unpaired) electrons. The fourth-order valence-electron chi connectivity index (χ4n) is 2.53. The third-order valence-electron chi connectivity index (χ3n) is 4.12. The Morgan fingerprint density at radius 3 is 2.47 bits per heavy atom. The predicted molar refractivity (Wildman–Crippen MR) is 75.5 cm³/mol. The van der Waals surface area contributed by atoms with Crippen molar-refractivity contribution in [2.45, 2.75) is 51.9 Å². The number of hydrogen-bond acceptors (Lipinski definition) is 2.